The van der Waals surface area contributed by atoms with Crippen molar-refractivity contribution in [1.82, 2.24) is 0 Å². The van der Waals surface area contributed by atoms with Gasteiger partial charge in [0.05, 0.1) is 5.71 Å². The topological polar surface area (TPSA) is 12.4 Å². The Balaban J connectivity index is 1.95. The molecule has 0 aromatic heterocycles. The van der Waals surface area contributed by atoms with E-state index in [0.29, 0.717) is 5.92 Å². The molecule has 3 rings (SSSR count). The molecule has 0 fully saturated rings. The van der Waals surface area contributed by atoms with E-state index in [1.807, 2.05) is 0 Å². The fourth-order valence-corrected chi connectivity index (χ4v) is 2.79. The first-order valence-electron chi connectivity index (χ1n) is 7.52. The van der Waals surface area contributed by atoms with Crippen LogP contribution in [-0.4, -0.2) is 12.3 Å². The summed E-state index contributed by atoms with van der Waals surface area (Å²) in [4.78, 5) is 4.75. The summed E-state index contributed by atoms with van der Waals surface area (Å²) in [6.45, 7) is 5.42. The van der Waals surface area contributed by atoms with Crippen molar-refractivity contribution in [1.29, 1.82) is 0 Å². The van der Waals surface area contributed by atoms with Crippen molar-refractivity contribution in [2.45, 2.75) is 32.6 Å². The van der Waals surface area contributed by atoms with Crippen LogP contribution in [0, 0.1) is 0 Å². The van der Waals surface area contributed by atoms with E-state index in [-0.39, 0.29) is 0 Å². The van der Waals surface area contributed by atoms with Crippen molar-refractivity contribution >= 4 is 5.71 Å². The number of hydrogen-bond acceptors (Lipinski definition) is 1. The lowest BCUT2D eigenvalue weighted by atomic mass is 9.91. The average Bonchev–Trinajstić information content (AvgIpc) is 2.54. The second kappa shape index (κ2) is 5.62. The lowest BCUT2D eigenvalue weighted by Crippen LogP contribution is -2.14. The molecule has 0 amide bonds. The fraction of sp³-hybridized carbons (Fsp3) is 0.316. The molecule has 0 aliphatic carbocycles. The van der Waals surface area contributed by atoms with Gasteiger partial charge in [-0.15, -0.1) is 0 Å². The molecule has 2 aromatic rings. The molecule has 1 heterocycles. The molecule has 0 spiro atoms. The van der Waals surface area contributed by atoms with Gasteiger partial charge in [0.25, 0.3) is 0 Å². The number of rotatable bonds is 3. The van der Waals surface area contributed by atoms with Gasteiger partial charge in [-0.1, -0.05) is 62.4 Å². The molecule has 1 heteroatoms. The fourth-order valence-electron chi connectivity index (χ4n) is 2.79. The normalized spacial score (nSPS) is 15.4. The molecule has 1 nitrogen and oxygen atoms in total. The molecule has 0 radical (unpaired) electrons. The Labute approximate surface area is 121 Å². The number of hydrogen-bond donors (Lipinski definition) is 0. The van der Waals surface area contributed by atoms with Gasteiger partial charge < -0.3 is 0 Å². The minimum atomic E-state index is 0.629. The van der Waals surface area contributed by atoms with Crippen LogP contribution in [0.3, 0.4) is 0 Å². The first-order chi connectivity index (χ1) is 9.79. The third kappa shape index (κ3) is 2.40. The highest BCUT2D eigenvalue weighted by atomic mass is 14.7. The zero-order chi connectivity index (χ0) is 13.9. The lowest BCUT2D eigenvalue weighted by Gasteiger charge is -2.17. The van der Waals surface area contributed by atoms with Crippen molar-refractivity contribution < 1.29 is 0 Å². The maximum absolute atomic E-state index is 4.75. The van der Waals surface area contributed by atoms with Crippen LogP contribution in [0.2, 0.25) is 0 Å². The molecule has 0 saturated heterocycles. The minimum absolute atomic E-state index is 0.629. The van der Waals surface area contributed by atoms with E-state index >= 15 is 0 Å². The van der Waals surface area contributed by atoms with Crippen molar-refractivity contribution in [3.05, 3.63) is 70.8 Å². The number of fused-ring (bicyclic) bond motifs is 1. The molecule has 20 heavy (non-hydrogen) atoms. The summed E-state index contributed by atoms with van der Waals surface area (Å²) in [5, 5.41) is 0. The van der Waals surface area contributed by atoms with Crippen molar-refractivity contribution in [2.24, 2.45) is 4.99 Å². The molecule has 2 aromatic carbocycles. The smallest absolute Gasteiger partial charge is 0.0721 e. The van der Waals surface area contributed by atoms with Gasteiger partial charge in [0.2, 0.25) is 0 Å². The van der Waals surface area contributed by atoms with Gasteiger partial charge in [-0.2, -0.15) is 0 Å². The maximum atomic E-state index is 4.75. The lowest BCUT2D eigenvalue weighted by molar-refractivity contribution is 0.733. The van der Waals surface area contributed by atoms with Crippen LogP contribution < -0.4 is 0 Å². The van der Waals surface area contributed by atoms with Crippen LogP contribution in [0.4, 0.5) is 0 Å². The molecule has 1 unspecified atom stereocenters. The van der Waals surface area contributed by atoms with Crippen LogP contribution in [-0.2, 0) is 6.42 Å². The predicted molar refractivity (Wildman–Crippen MR) is 85.8 cm³/mol. The Hall–Kier alpha value is -1.89. The Kier molecular flexibility index (Phi) is 3.68. The quantitative estimate of drug-likeness (QED) is 0.767. The van der Waals surface area contributed by atoms with Gasteiger partial charge in [0.15, 0.2) is 0 Å². The van der Waals surface area contributed by atoms with Crippen molar-refractivity contribution in [2.75, 3.05) is 6.54 Å². The van der Waals surface area contributed by atoms with Crippen LogP contribution in [0.25, 0.3) is 0 Å². The van der Waals surface area contributed by atoms with E-state index in [2.05, 4.69) is 62.4 Å². The van der Waals surface area contributed by atoms with Gasteiger partial charge in [-0.3, -0.25) is 4.99 Å². The van der Waals surface area contributed by atoms with Crippen LogP contribution in [0.5, 0.6) is 0 Å². The first-order valence-corrected chi connectivity index (χ1v) is 7.52. The summed E-state index contributed by atoms with van der Waals surface area (Å²) in [7, 11) is 0. The van der Waals surface area contributed by atoms with Crippen molar-refractivity contribution in [3.8, 4) is 0 Å². The summed E-state index contributed by atoms with van der Waals surface area (Å²) in [5.74, 6) is 0.629. The maximum Gasteiger partial charge on any atom is 0.0721 e. The summed E-state index contributed by atoms with van der Waals surface area (Å²) >= 11 is 0. The molecule has 1 aliphatic heterocycles. The van der Waals surface area contributed by atoms with E-state index in [0.717, 1.165) is 18.7 Å². The van der Waals surface area contributed by atoms with Crippen LogP contribution >= 0.6 is 0 Å². The van der Waals surface area contributed by atoms with Crippen LogP contribution in [0.15, 0.2) is 53.5 Å². The SMILES string of the molecule is CCC(C)c1ccc(C2=NCCc3ccccc32)cc1. The first kappa shape index (κ1) is 13.1. The Morgan fingerprint density at radius 3 is 2.55 bits per heavy atom. The number of aliphatic imine (C=N–C) groups is 1. The molecule has 1 aliphatic rings. The minimum Gasteiger partial charge on any atom is -0.284 e. The van der Waals surface area contributed by atoms with E-state index in [1.54, 1.807) is 0 Å². The molecule has 0 bridgehead atoms. The molecule has 102 valence electrons. The van der Waals surface area contributed by atoms with Gasteiger partial charge in [-0.05, 0) is 29.9 Å². The Morgan fingerprint density at radius 2 is 1.80 bits per heavy atom. The highest BCUT2D eigenvalue weighted by molar-refractivity contribution is 6.14. The standard InChI is InChI=1S/C19H21N/c1-3-14(2)15-8-10-17(11-9-15)19-18-7-5-4-6-16(18)12-13-20-19/h4-11,14H,3,12-13H2,1-2H3. The monoisotopic (exact) mass is 263 g/mol. The van der Waals surface area contributed by atoms with E-state index in [9.17, 15) is 0 Å². The Bertz CT molecular complexity index is 622. The third-order valence-electron chi connectivity index (χ3n) is 4.29. The Morgan fingerprint density at radius 1 is 1.05 bits per heavy atom. The highest BCUT2D eigenvalue weighted by Gasteiger charge is 2.15. The van der Waals surface area contributed by atoms with Gasteiger partial charge >= 0.3 is 0 Å². The van der Waals surface area contributed by atoms with E-state index in [1.165, 1.54) is 28.7 Å². The second-order valence-electron chi connectivity index (χ2n) is 5.57. The van der Waals surface area contributed by atoms with Crippen LogP contribution in [0.1, 0.15) is 48.4 Å². The highest BCUT2D eigenvalue weighted by Crippen LogP contribution is 2.23. The molecule has 0 N–H and O–H groups in total. The van der Waals surface area contributed by atoms with E-state index < -0.39 is 0 Å². The van der Waals surface area contributed by atoms with Gasteiger partial charge in [0.1, 0.15) is 0 Å². The zero-order valence-corrected chi connectivity index (χ0v) is 12.3. The second-order valence-corrected chi connectivity index (χ2v) is 5.57. The summed E-state index contributed by atoms with van der Waals surface area (Å²) in [6.07, 6.45) is 2.24. The number of benzene rings is 2. The number of nitrogens with zero attached hydrogens (tertiary/aromatic N) is 1. The third-order valence-corrected chi connectivity index (χ3v) is 4.29. The largest absolute Gasteiger partial charge is 0.284 e. The van der Waals surface area contributed by atoms with Crippen molar-refractivity contribution in [3.63, 3.8) is 0 Å². The zero-order valence-electron chi connectivity index (χ0n) is 12.3. The summed E-state index contributed by atoms with van der Waals surface area (Å²) in [6, 6.07) is 17.6. The average molecular weight is 263 g/mol. The summed E-state index contributed by atoms with van der Waals surface area (Å²) in [5.41, 5.74) is 6.53. The summed E-state index contributed by atoms with van der Waals surface area (Å²) < 4.78 is 0. The molecule has 0 saturated carbocycles. The van der Waals surface area contributed by atoms with E-state index in [4.69, 9.17) is 4.99 Å². The van der Waals surface area contributed by atoms with Gasteiger partial charge in [-0.25, -0.2) is 0 Å². The molecule has 1 atom stereocenters. The predicted octanol–water partition coefficient (Wildman–Crippen LogP) is 4.59. The molecular weight excluding hydrogens is 242 g/mol. The van der Waals surface area contributed by atoms with Gasteiger partial charge in [0, 0.05) is 17.7 Å². The molecular formula is C19H21N.